The Morgan fingerprint density at radius 3 is 2.43 bits per heavy atom. The zero-order chi connectivity index (χ0) is 21.1. The molecule has 6 nitrogen and oxygen atoms in total. The van der Waals surface area contributed by atoms with Gasteiger partial charge in [0, 0.05) is 75.6 Å². The fourth-order valence-corrected chi connectivity index (χ4v) is 5.21. The number of para-hydroxylation sites is 1. The molecular weight excluding hydrogens is 376 g/mol. The Bertz CT molecular complexity index is 861. The lowest BCUT2D eigenvalue weighted by Gasteiger charge is -2.42. The summed E-state index contributed by atoms with van der Waals surface area (Å²) < 4.78 is 7.52. The van der Waals surface area contributed by atoms with E-state index in [1.807, 2.05) is 12.1 Å². The zero-order valence-electron chi connectivity index (χ0n) is 18.8. The number of hydrogen-bond acceptors (Lipinski definition) is 4. The summed E-state index contributed by atoms with van der Waals surface area (Å²) in [7, 11) is 1.72. The lowest BCUT2D eigenvalue weighted by atomic mass is 10.0. The molecule has 164 valence electrons. The van der Waals surface area contributed by atoms with Crippen molar-refractivity contribution in [2.75, 3.05) is 59.5 Å². The number of fused-ring (bicyclic) bond motifs is 1. The van der Waals surface area contributed by atoms with Gasteiger partial charge in [-0.05, 0) is 32.4 Å². The lowest BCUT2D eigenvalue weighted by Crippen LogP contribution is -2.53. The number of piperidine rings is 1. The Morgan fingerprint density at radius 1 is 1.07 bits per heavy atom. The van der Waals surface area contributed by atoms with Gasteiger partial charge in [-0.25, -0.2) is 0 Å². The van der Waals surface area contributed by atoms with Gasteiger partial charge in [0.05, 0.1) is 12.2 Å². The van der Waals surface area contributed by atoms with Gasteiger partial charge >= 0.3 is 0 Å². The number of piperazine rings is 1. The summed E-state index contributed by atoms with van der Waals surface area (Å²) in [4.78, 5) is 20.8. The summed E-state index contributed by atoms with van der Waals surface area (Å²) in [6.45, 7) is 13.3. The van der Waals surface area contributed by atoms with Gasteiger partial charge in [-0.2, -0.15) is 0 Å². The van der Waals surface area contributed by atoms with Crippen LogP contribution >= 0.6 is 0 Å². The van der Waals surface area contributed by atoms with Crippen LogP contribution < -0.4 is 0 Å². The average molecular weight is 413 g/mol. The van der Waals surface area contributed by atoms with E-state index in [1.165, 1.54) is 26.2 Å². The number of amides is 1. The third kappa shape index (κ3) is 4.13. The molecule has 2 aliphatic rings. The summed E-state index contributed by atoms with van der Waals surface area (Å²) in [6, 6.07) is 8.89. The van der Waals surface area contributed by atoms with Crippen LogP contribution in [0.25, 0.3) is 10.9 Å². The molecule has 0 saturated carbocycles. The SMILES string of the molecule is CCN1CCN(C2CCN(C(=O)c3c(C)n(CCOC)c4ccccc34)CC2)CC1. The molecule has 30 heavy (non-hydrogen) atoms. The van der Waals surface area contributed by atoms with Crippen molar-refractivity contribution in [3.8, 4) is 0 Å². The van der Waals surface area contributed by atoms with E-state index in [1.54, 1.807) is 7.11 Å². The van der Waals surface area contributed by atoms with Crippen LogP contribution in [0.5, 0.6) is 0 Å². The van der Waals surface area contributed by atoms with Crippen molar-refractivity contribution in [2.45, 2.75) is 39.3 Å². The summed E-state index contributed by atoms with van der Waals surface area (Å²) in [6.07, 6.45) is 2.17. The first-order valence-corrected chi connectivity index (χ1v) is 11.5. The number of hydrogen-bond donors (Lipinski definition) is 0. The maximum atomic E-state index is 13.5. The number of methoxy groups -OCH3 is 1. The number of carbonyl (C=O) groups is 1. The quantitative estimate of drug-likeness (QED) is 0.732. The second-order valence-corrected chi connectivity index (χ2v) is 8.62. The van der Waals surface area contributed by atoms with Crippen LogP contribution in [0.1, 0.15) is 35.8 Å². The van der Waals surface area contributed by atoms with Gasteiger partial charge in [-0.1, -0.05) is 25.1 Å². The normalized spacial score (nSPS) is 19.6. The van der Waals surface area contributed by atoms with Gasteiger partial charge in [0.2, 0.25) is 0 Å². The number of aromatic nitrogens is 1. The Balaban J connectivity index is 1.46. The molecule has 0 unspecified atom stereocenters. The van der Waals surface area contributed by atoms with Gasteiger partial charge < -0.3 is 19.1 Å². The van der Waals surface area contributed by atoms with Crippen molar-refractivity contribution in [1.29, 1.82) is 0 Å². The predicted molar refractivity (Wildman–Crippen MR) is 121 cm³/mol. The molecule has 4 rings (SSSR count). The molecule has 0 N–H and O–H groups in total. The van der Waals surface area contributed by atoms with Crippen molar-refractivity contribution in [1.82, 2.24) is 19.3 Å². The van der Waals surface area contributed by atoms with E-state index in [0.717, 1.165) is 61.2 Å². The van der Waals surface area contributed by atoms with Gasteiger partial charge in [0.15, 0.2) is 0 Å². The highest BCUT2D eigenvalue weighted by Gasteiger charge is 2.31. The highest BCUT2D eigenvalue weighted by atomic mass is 16.5. The maximum Gasteiger partial charge on any atom is 0.256 e. The second kappa shape index (κ2) is 9.50. The van der Waals surface area contributed by atoms with Crippen LogP contribution in [0.2, 0.25) is 0 Å². The number of likely N-dealkylation sites (N-methyl/N-ethyl adjacent to an activating group) is 1. The molecule has 1 aromatic carbocycles. The summed E-state index contributed by atoms with van der Waals surface area (Å²) in [5.74, 6) is 0.189. The van der Waals surface area contributed by atoms with Crippen molar-refractivity contribution in [3.63, 3.8) is 0 Å². The van der Waals surface area contributed by atoms with E-state index in [0.29, 0.717) is 12.6 Å². The highest BCUT2D eigenvalue weighted by Crippen LogP contribution is 2.28. The number of rotatable bonds is 6. The molecule has 2 fully saturated rings. The molecule has 0 bridgehead atoms. The Hall–Kier alpha value is -1.89. The third-order valence-corrected chi connectivity index (χ3v) is 7.09. The highest BCUT2D eigenvalue weighted by molar-refractivity contribution is 6.08. The molecule has 0 atom stereocenters. The smallest absolute Gasteiger partial charge is 0.256 e. The standard InChI is InChI=1S/C24H36N4O2/c1-4-25-13-15-26(16-14-25)20-9-11-27(12-10-20)24(29)23-19(2)28(17-18-30-3)22-8-6-5-7-21(22)23/h5-8,20H,4,9-18H2,1-3H3. The Kier molecular flexibility index (Phi) is 6.76. The number of carbonyl (C=O) groups excluding carboxylic acids is 1. The minimum atomic E-state index is 0.189. The fourth-order valence-electron chi connectivity index (χ4n) is 5.21. The molecule has 3 heterocycles. The Labute approximate surface area is 180 Å². The average Bonchev–Trinajstić information content (AvgIpc) is 3.08. The van der Waals surface area contributed by atoms with Crippen LogP contribution in [-0.4, -0.2) is 90.7 Å². The van der Waals surface area contributed by atoms with Gasteiger partial charge in [-0.3, -0.25) is 9.69 Å². The minimum Gasteiger partial charge on any atom is -0.383 e. The molecule has 0 radical (unpaired) electrons. The van der Waals surface area contributed by atoms with Crippen LogP contribution in [0.15, 0.2) is 24.3 Å². The molecule has 2 saturated heterocycles. The van der Waals surface area contributed by atoms with Gasteiger partial charge in [-0.15, -0.1) is 0 Å². The zero-order valence-corrected chi connectivity index (χ0v) is 18.8. The molecule has 0 aliphatic carbocycles. The van der Waals surface area contributed by atoms with E-state index < -0.39 is 0 Å². The monoisotopic (exact) mass is 412 g/mol. The van der Waals surface area contributed by atoms with E-state index >= 15 is 0 Å². The van der Waals surface area contributed by atoms with Crippen LogP contribution in [0.4, 0.5) is 0 Å². The van der Waals surface area contributed by atoms with Crippen molar-refractivity contribution < 1.29 is 9.53 Å². The third-order valence-electron chi connectivity index (χ3n) is 7.09. The molecule has 2 aliphatic heterocycles. The topological polar surface area (TPSA) is 41.0 Å². The largest absolute Gasteiger partial charge is 0.383 e. The van der Waals surface area contributed by atoms with Crippen LogP contribution in [0, 0.1) is 6.92 Å². The first-order chi connectivity index (χ1) is 14.6. The summed E-state index contributed by atoms with van der Waals surface area (Å²) in [5, 5.41) is 1.06. The summed E-state index contributed by atoms with van der Waals surface area (Å²) in [5.41, 5.74) is 3.05. The molecule has 0 spiro atoms. The lowest BCUT2D eigenvalue weighted by molar-refractivity contribution is 0.0490. The molecule has 2 aromatic rings. The summed E-state index contributed by atoms with van der Waals surface area (Å²) >= 11 is 0. The number of nitrogens with zero attached hydrogens (tertiary/aromatic N) is 4. The number of likely N-dealkylation sites (tertiary alicyclic amines) is 1. The number of benzene rings is 1. The van der Waals surface area contributed by atoms with E-state index in [4.69, 9.17) is 4.74 Å². The minimum absolute atomic E-state index is 0.189. The molecular formula is C24H36N4O2. The van der Waals surface area contributed by atoms with Crippen LogP contribution in [0.3, 0.4) is 0 Å². The molecule has 6 heteroatoms. The Morgan fingerprint density at radius 2 is 1.77 bits per heavy atom. The number of ether oxygens (including phenoxy) is 1. The first-order valence-electron chi connectivity index (χ1n) is 11.5. The van der Waals surface area contributed by atoms with Crippen molar-refractivity contribution in [2.24, 2.45) is 0 Å². The first kappa shape index (κ1) is 21.3. The molecule has 1 aromatic heterocycles. The van der Waals surface area contributed by atoms with Gasteiger partial charge in [0.25, 0.3) is 5.91 Å². The second-order valence-electron chi connectivity index (χ2n) is 8.62. The fraction of sp³-hybridized carbons (Fsp3) is 0.625. The van der Waals surface area contributed by atoms with Crippen molar-refractivity contribution in [3.05, 3.63) is 35.5 Å². The van der Waals surface area contributed by atoms with Crippen LogP contribution in [-0.2, 0) is 11.3 Å². The van der Waals surface area contributed by atoms with Gasteiger partial charge in [0.1, 0.15) is 0 Å². The predicted octanol–water partition coefficient (Wildman–Crippen LogP) is 2.84. The van der Waals surface area contributed by atoms with E-state index in [9.17, 15) is 4.79 Å². The molecule has 1 amide bonds. The maximum absolute atomic E-state index is 13.5. The van der Waals surface area contributed by atoms with E-state index in [-0.39, 0.29) is 5.91 Å². The van der Waals surface area contributed by atoms with E-state index in [2.05, 4.69) is 45.2 Å². The van der Waals surface area contributed by atoms with Crippen molar-refractivity contribution >= 4 is 16.8 Å².